The van der Waals surface area contributed by atoms with Crippen LogP contribution in [0.25, 0.3) is 0 Å². The van der Waals surface area contributed by atoms with Crippen molar-refractivity contribution in [3.8, 4) is 0 Å². The molecule has 1 saturated heterocycles. The summed E-state index contributed by atoms with van der Waals surface area (Å²) in [5.41, 5.74) is 0.593. The zero-order chi connectivity index (χ0) is 31.0. The highest BCUT2D eigenvalue weighted by molar-refractivity contribution is 5.74. The van der Waals surface area contributed by atoms with E-state index < -0.39 is 17.8 Å². The summed E-state index contributed by atoms with van der Waals surface area (Å²) in [6.07, 6.45) is 5.63. The predicted molar refractivity (Wildman–Crippen MR) is 166 cm³/mol. The SMILES string of the molecule is CCN(CC)CCN(CCN(CC)CC)C(=O)NC[C@H]1CC[C@@H]2[C@H](O1)c1cc(C(F)(F)F)ccc1N[C@H]2C1C=CC=CC1. The van der Waals surface area contributed by atoms with E-state index in [1.807, 2.05) is 17.1 Å². The van der Waals surface area contributed by atoms with Crippen molar-refractivity contribution in [1.82, 2.24) is 20.0 Å². The second-order valence-electron chi connectivity index (χ2n) is 11.8. The molecule has 2 N–H and O–H groups in total. The summed E-state index contributed by atoms with van der Waals surface area (Å²) in [6, 6.07) is 3.87. The molecule has 0 saturated carbocycles. The summed E-state index contributed by atoms with van der Waals surface area (Å²) >= 11 is 0. The number of amides is 2. The number of allylic oxidation sites excluding steroid dienone is 3. The van der Waals surface area contributed by atoms with Crippen LogP contribution in [-0.2, 0) is 10.9 Å². The zero-order valence-corrected chi connectivity index (χ0v) is 26.2. The number of benzene rings is 1. The third-order valence-corrected chi connectivity index (χ3v) is 9.42. The van der Waals surface area contributed by atoms with Gasteiger partial charge in [-0.3, -0.25) is 0 Å². The standard InChI is InChI=1S/C33H50F3N5O2/c1-5-39(6-2)18-20-41(21-19-40(7-3)8-4)32(42)37-23-26-15-16-27-30(24-12-10-9-11-13-24)38-29-17-14-25(33(34,35)36)22-28(29)31(27)43-26/h9-12,14,17,22,24,26-27,30-31,38H,5-8,13,15-16,18-21,23H2,1-4H3,(H,37,42)/t24?,26-,27+,30+,31+/m1/s1. The minimum Gasteiger partial charge on any atom is -0.381 e. The molecule has 3 aliphatic rings. The predicted octanol–water partition coefficient (Wildman–Crippen LogP) is 6.16. The van der Waals surface area contributed by atoms with Gasteiger partial charge in [0.15, 0.2) is 0 Å². The first-order valence-electron chi connectivity index (χ1n) is 16.1. The number of halogens is 3. The second-order valence-corrected chi connectivity index (χ2v) is 11.8. The van der Waals surface area contributed by atoms with Crippen LogP contribution in [0.3, 0.4) is 0 Å². The van der Waals surface area contributed by atoms with Crippen molar-refractivity contribution in [3.05, 3.63) is 53.6 Å². The number of ether oxygens (including phenoxy) is 1. The number of rotatable bonds is 13. The van der Waals surface area contributed by atoms with E-state index in [-0.39, 0.29) is 30.0 Å². The quantitative estimate of drug-likeness (QED) is 0.282. The lowest BCUT2D eigenvalue weighted by Crippen LogP contribution is -2.51. The molecule has 0 spiro atoms. The molecule has 240 valence electrons. The second kappa shape index (κ2) is 15.4. The highest BCUT2D eigenvalue weighted by atomic mass is 19.4. The molecule has 2 amide bonds. The van der Waals surface area contributed by atoms with Gasteiger partial charge in [-0.15, -0.1) is 0 Å². The van der Waals surface area contributed by atoms with Gasteiger partial charge in [0, 0.05) is 61.9 Å². The maximum absolute atomic E-state index is 13.7. The molecule has 1 aromatic rings. The number of alkyl halides is 3. The van der Waals surface area contributed by atoms with Crippen molar-refractivity contribution in [2.45, 2.75) is 71.4 Å². The van der Waals surface area contributed by atoms with Crippen LogP contribution in [0, 0.1) is 11.8 Å². The molecule has 10 heteroatoms. The smallest absolute Gasteiger partial charge is 0.381 e. The Morgan fingerprint density at radius 1 is 0.977 bits per heavy atom. The van der Waals surface area contributed by atoms with Gasteiger partial charge in [0.25, 0.3) is 0 Å². The van der Waals surface area contributed by atoms with Crippen molar-refractivity contribution in [2.24, 2.45) is 11.8 Å². The number of fused-ring (bicyclic) bond motifs is 3. The summed E-state index contributed by atoms with van der Waals surface area (Å²) < 4.78 is 47.7. The maximum Gasteiger partial charge on any atom is 0.416 e. The van der Waals surface area contributed by atoms with Crippen LogP contribution < -0.4 is 10.6 Å². The number of hydrogen-bond donors (Lipinski definition) is 2. The van der Waals surface area contributed by atoms with E-state index in [1.165, 1.54) is 6.07 Å². The first kappa shape index (κ1) is 33.3. The summed E-state index contributed by atoms with van der Waals surface area (Å²) in [4.78, 5) is 19.9. The minimum atomic E-state index is -4.43. The van der Waals surface area contributed by atoms with Gasteiger partial charge in [-0.05, 0) is 63.6 Å². The molecule has 43 heavy (non-hydrogen) atoms. The van der Waals surface area contributed by atoms with Crippen LogP contribution in [0.1, 0.15) is 64.2 Å². The highest BCUT2D eigenvalue weighted by Crippen LogP contribution is 2.49. The van der Waals surface area contributed by atoms with Gasteiger partial charge < -0.3 is 30.1 Å². The van der Waals surface area contributed by atoms with E-state index in [4.69, 9.17) is 4.74 Å². The number of nitrogens with zero attached hydrogens (tertiary/aromatic N) is 3. The topological polar surface area (TPSA) is 60.1 Å². The van der Waals surface area contributed by atoms with Gasteiger partial charge in [0.2, 0.25) is 0 Å². The molecule has 2 heterocycles. The Morgan fingerprint density at radius 3 is 2.23 bits per heavy atom. The normalized spacial score (nSPS) is 24.9. The average Bonchev–Trinajstić information content (AvgIpc) is 3.02. The number of hydrogen-bond acceptors (Lipinski definition) is 5. The Hall–Kier alpha value is -2.56. The van der Waals surface area contributed by atoms with Crippen molar-refractivity contribution in [3.63, 3.8) is 0 Å². The molecular formula is C33H50F3N5O2. The molecule has 0 radical (unpaired) electrons. The Labute approximate surface area is 255 Å². The number of likely N-dealkylation sites (N-methyl/N-ethyl adjacent to an activating group) is 2. The molecule has 2 aliphatic heterocycles. The number of carbonyl (C=O) groups excluding carboxylic acids is 1. The minimum absolute atomic E-state index is 0.0312. The monoisotopic (exact) mass is 605 g/mol. The van der Waals surface area contributed by atoms with Crippen LogP contribution in [0.2, 0.25) is 0 Å². The van der Waals surface area contributed by atoms with Crippen molar-refractivity contribution >= 4 is 11.7 Å². The van der Waals surface area contributed by atoms with Crippen molar-refractivity contribution in [1.29, 1.82) is 0 Å². The molecule has 7 nitrogen and oxygen atoms in total. The molecule has 1 unspecified atom stereocenters. The van der Waals surface area contributed by atoms with E-state index in [1.54, 1.807) is 6.07 Å². The largest absolute Gasteiger partial charge is 0.416 e. The molecule has 1 aliphatic carbocycles. The van der Waals surface area contributed by atoms with Gasteiger partial charge in [0.05, 0.1) is 17.8 Å². The van der Waals surface area contributed by atoms with E-state index in [0.717, 1.165) is 64.6 Å². The molecule has 0 bridgehead atoms. The van der Waals surface area contributed by atoms with Crippen LogP contribution in [0.15, 0.2) is 42.5 Å². The summed E-state index contributed by atoms with van der Waals surface area (Å²) in [7, 11) is 0. The molecule has 1 fully saturated rings. The average molecular weight is 606 g/mol. The van der Waals surface area contributed by atoms with Crippen LogP contribution in [0.4, 0.5) is 23.7 Å². The lowest BCUT2D eigenvalue weighted by molar-refractivity contribution is -0.138. The fourth-order valence-electron chi connectivity index (χ4n) is 6.64. The van der Waals surface area contributed by atoms with Crippen molar-refractivity contribution in [2.75, 3.05) is 64.2 Å². The fourth-order valence-corrected chi connectivity index (χ4v) is 6.64. The van der Waals surface area contributed by atoms with E-state index in [9.17, 15) is 18.0 Å². The number of carbonyl (C=O) groups is 1. The van der Waals surface area contributed by atoms with E-state index in [2.05, 4.69) is 60.3 Å². The molecule has 5 atom stereocenters. The lowest BCUT2D eigenvalue weighted by Gasteiger charge is -2.47. The zero-order valence-electron chi connectivity index (χ0n) is 26.2. The first-order valence-corrected chi connectivity index (χ1v) is 16.1. The summed E-state index contributed by atoms with van der Waals surface area (Å²) in [5.74, 6) is 0.265. The van der Waals surface area contributed by atoms with Crippen LogP contribution in [-0.4, -0.2) is 91.8 Å². The number of anilines is 1. The van der Waals surface area contributed by atoms with Crippen molar-refractivity contribution < 1.29 is 22.7 Å². The van der Waals surface area contributed by atoms with Gasteiger partial charge >= 0.3 is 12.2 Å². The highest BCUT2D eigenvalue weighted by Gasteiger charge is 2.45. The summed E-state index contributed by atoms with van der Waals surface area (Å²) in [5, 5.41) is 6.68. The van der Waals surface area contributed by atoms with Gasteiger partial charge in [-0.25, -0.2) is 4.79 Å². The molecular weight excluding hydrogens is 555 g/mol. The fraction of sp³-hybridized carbons (Fsp3) is 0.667. The third kappa shape index (κ3) is 8.54. The molecule has 1 aromatic carbocycles. The Balaban J connectivity index is 1.46. The van der Waals surface area contributed by atoms with Gasteiger partial charge in [0.1, 0.15) is 0 Å². The Bertz CT molecular complexity index is 1090. The van der Waals surface area contributed by atoms with E-state index in [0.29, 0.717) is 30.9 Å². The maximum atomic E-state index is 13.7. The van der Waals surface area contributed by atoms with Crippen LogP contribution in [0.5, 0.6) is 0 Å². The molecule has 4 rings (SSSR count). The Morgan fingerprint density at radius 2 is 1.65 bits per heavy atom. The number of nitrogens with one attached hydrogen (secondary N) is 2. The summed E-state index contributed by atoms with van der Waals surface area (Å²) in [6.45, 7) is 15.4. The van der Waals surface area contributed by atoms with Gasteiger partial charge in [-0.2, -0.15) is 13.2 Å². The first-order chi connectivity index (χ1) is 20.7. The van der Waals surface area contributed by atoms with Gasteiger partial charge in [-0.1, -0.05) is 52.0 Å². The lowest BCUT2D eigenvalue weighted by atomic mass is 9.73. The number of urea groups is 1. The third-order valence-electron chi connectivity index (χ3n) is 9.42. The van der Waals surface area contributed by atoms with Crippen LogP contribution >= 0.6 is 0 Å². The Kier molecular flexibility index (Phi) is 12.0. The van der Waals surface area contributed by atoms with E-state index >= 15 is 0 Å². The molecule has 0 aromatic heterocycles.